The molecule has 0 bridgehead atoms. The Balaban J connectivity index is 0.000000171. The lowest BCUT2D eigenvalue weighted by atomic mass is 9.83. The molecule has 5 fully saturated rings. The predicted molar refractivity (Wildman–Crippen MR) is 314 cm³/mol. The van der Waals surface area contributed by atoms with Crippen LogP contribution in [0.1, 0.15) is 111 Å². The second-order valence-electron chi connectivity index (χ2n) is 19.2. The molecule has 7 N–H and O–H groups in total. The Bertz CT molecular complexity index is 3300. The van der Waals surface area contributed by atoms with Gasteiger partial charge < -0.3 is 64.3 Å². The van der Waals surface area contributed by atoms with Crippen molar-refractivity contribution in [3.05, 3.63) is 123 Å². The number of nitrogens with two attached hydrogens (primary N) is 1. The van der Waals surface area contributed by atoms with E-state index in [1.165, 1.54) is 59.6 Å². The molecular weight excluding hydrogens is 1260 g/mol. The number of nitrogens with one attached hydrogen (secondary N) is 3. The fourth-order valence-electron chi connectivity index (χ4n) is 7.24. The molecule has 7 heterocycles. The van der Waals surface area contributed by atoms with Crippen LogP contribution in [-0.4, -0.2) is 126 Å². The first-order valence-corrected chi connectivity index (χ1v) is 28.3. The molecule has 0 aromatic carbocycles. The van der Waals surface area contributed by atoms with Crippen LogP contribution in [0.5, 0.6) is 0 Å². The molecule has 6 aromatic rings. The Kier molecular flexibility index (Phi) is 25.3. The van der Waals surface area contributed by atoms with Crippen LogP contribution in [0.25, 0.3) is 11.1 Å². The highest BCUT2D eigenvalue weighted by atomic mass is 79.9. The van der Waals surface area contributed by atoms with E-state index in [9.17, 15) is 38.4 Å². The normalized spacial score (nSPS) is 15.1. The number of hydrogen-bond acceptors (Lipinski definition) is 22. The number of methoxy groups -OCH3 is 4. The van der Waals surface area contributed by atoms with Crippen LogP contribution in [0.4, 0.5) is 23.3 Å². The van der Waals surface area contributed by atoms with Gasteiger partial charge in [-0.25, -0.2) is 39.1 Å². The lowest BCUT2D eigenvalue weighted by molar-refractivity contribution is -0.118. The van der Waals surface area contributed by atoms with E-state index in [1.807, 2.05) is 6.07 Å². The van der Waals surface area contributed by atoms with E-state index in [-0.39, 0.29) is 75.3 Å². The van der Waals surface area contributed by atoms with E-state index < -0.39 is 31.0 Å². The standard InChI is InChI=1S/C15H18N2O4.C15H14N2O4.C11H11BrN2O3.C7H7BrN2O2.C4H5BO3.C4H5ClO/c2*1-20-15(19)13-11(10-6-7-21-8-10)4-5-12(16-13)17-14(18)9-2-3-9;1-17-11(16)9-7(12)4-5-8(13-9)14-10(15)6-2-3-6;1-12-7(11)6-4(8)2-3-5(9)10-6;6-5(7)4-1-2-8-3-4;5-4(6)3-1-2-3/h4-5,9-10H,2-3,6-8H2,1H3,(H,16,17,18);4-9H,2-3H2,1H3,(H,16,17,18);4-6H,2-3H2,1H3,(H,13,14,15);2-3H,1H3,(H2,9,10);1-3,6-7H;3H,1-2H2. The zero-order valence-electron chi connectivity index (χ0n) is 46.3. The van der Waals surface area contributed by atoms with Crippen molar-refractivity contribution >= 4 is 126 Å². The molecule has 85 heavy (non-hydrogen) atoms. The van der Waals surface area contributed by atoms with Gasteiger partial charge in [0.1, 0.15) is 23.3 Å². The number of furan rings is 2. The molecule has 1 atom stereocenters. The number of hydrogen-bond donors (Lipinski definition) is 6. The molecule has 29 heteroatoms. The molecule has 450 valence electrons. The van der Waals surface area contributed by atoms with Crippen LogP contribution < -0.4 is 27.1 Å². The minimum Gasteiger partial charge on any atom is -0.473 e. The van der Waals surface area contributed by atoms with Crippen LogP contribution in [0.3, 0.4) is 0 Å². The first-order chi connectivity index (χ1) is 40.7. The van der Waals surface area contributed by atoms with Gasteiger partial charge in [0.05, 0.1) is 69.0 Å². The van der Waals surface area contributed by atoms with E-state index >= 15 is 0 Å². The quantitative estimate of drug-likeness (QED) is 0.0266. The molecule has 4 aliphatic carbocycles. The van der Waals surface area contributed by atoms with Crippen LogP contribution in [-0.2, 0) is 42.9 Å². The number of ether oxygens (including phenoxy) is 5. The number of amides is 3. The van der Waals surface area contributed by atoms with Gasteiger partial charge in [-0.2, -0.15) is 0 Å². The molecule has 4 saturated carbocycles. The third-order valence-corrected chi connectivity index (χ3v) is 14.2. The second-order valence-corrected chi connectivity index (χ2v) is 21.2. The van der Waals surface area contributed by atoms with Crippen LogP contribution in [0.15, 0.2) is 103 Å². The van der Waals surface area contributed by atoms with Crippen molar-refractivity contribution < 1.29 is 80.9 Å². The van der Waals surface area contributed by atoms with Crippen molar-refractivity contribution in [3.63, 3.8) is 0 Å². The number of pyridine rings is 4. The smallest absolute Gasteiger partial charge is 0.473 e. The van der Waals surface area contributed by atoms with E-state index in [2.05, 4.69) is 81.6 Å². The molecule has 0 spiro atoms. The van der Waals surface area contributed by atoms with Gasteiger partial charge in [0.2, 0.25) is 23.0 Å². The number of anilines is 4. The van der Waals surface area contributed by atoms with Gasteiger partial charge in [-0.05, 0) is 161 Å². The summed E-state index contributed by atoms with van der Waals surface area (Å²) in [7, 11) is 3.78. The molecule has 1 saturated heterocycles. The van der Waals surface area contributed by atoms with Crippen LogP contribution >= 0.6 is 43.5 Å². The minimum absolute atomic E-state index is 0.0322. The third-order valence-electron chi connectivity index (χ3n) is 12.6. The van der Waals surface area contributed by atoms with Crippen LogP contribution in [0.2, 0.25) is 0 Å². The average molecular weight is 1320 g/mol. The maximum atomic E-state index is 11.9. The first-order valence-electron chi connectivity index (χ1n) is 26.3. The second kappa shape index (κ2) is 32.4. The first kappa shape index (κ1) is 66.3. The molecule has 1 aliphatic heterocycles. The highest BCUT2D eigenvalue weighted by molar-refractivity contribution is 9.10. The fraction of sp³-hybridized carbons (Fsp3) is 0.357. The molecular formula is C56H60BBr2ClN8O17. The maximum absolute atomic E-state index is 11.9. The Hall–Kier alpha value is -7.89. The summed E-state index contributed by atoms with van der Waals surface area (Å²) in [5.74, 6) is -0.188. The van der Waals surface area contributed by atoms with Gasteiger partial charge in [0.15, 0.2) is 22.8 Å². The topological polar surface area (TPSA) is 363 Å². The number of halogens is 3. The summed E-state index contributed by atoms with van der Waals surface area (Å²) in [6.45, 7) is 1.27. The summed E-state index contributed by atoms with van der Waals surface area (Å²) >= 11 is 11.4. The maximum Gasteiger partial charge on any atom is 0.491 e. The van der Waals surface area contributed by atoms with Gasteiger partial charge in [-0.1, -0.05) is 6.07 Å². The molecule has 0 radical (unpaired) electrons. The molecule has 11 rings (SSSR count). The molecule has 6 aromatic heterocycles. The summed E-state index contributed by atoms with van der Waals surface area (Å²) in [4.78, 5) is 108. The van der Waals surface area contributed by atoms with Gasteiger partial charge >= 0.3 is 31.0 Å². The lowest BCUT2D eigenvalue weighted by Gasteiger charge is -2.13. The van der Waals surface area contributed by atoms with E-state index in [0.717, 1.165) is 68.9 Å². The van der Waals surface area contributed by atoms with Gasteiger partial charge in [-0.15, -0.1) is 0 Å². The summed E-state index contributed by atoms with van der Waals surface area (Å²) in [6.07, 6.45) is 14.1. The summed E-state index contributed by atoms with van der Waals surface area (Å²) < 4.78 is 34.7. The summed E-state index contributed by atoms with van der Waals surface area (Å²) in [5, 5.41) is 24.8. The SMILES string of the molecule is COC(=O)c1nc(N)ccc1Br.COC(=O)c1nc(NC(=O)C2CC2)ccc1-c1ccoc1.COC(=O)c1nc(NC(=O)C2CC2)ccc1Br.COC(=O)c1nc(NC(=O)C2CC2)ccc1C1CCOC1.O=C(Cl)C1CC1.OB(O)c1ccoc1. The van der Waals surface area contributed by atoms with E-state index in [1.54, 1.807) is 48.5 Å². The Morgan fingerprint density at radius 3 is 1.40 bits per heavy atom. The summed E-state index contributed by atoms with van der Waals surface area (Å²) in [6, 6.07) is 16.7. The van der Waals surface area contributed by atoms with Gasteiger partial charge in [0.25, 0.3) is 0 Å². The van der Waals surface area contributed by atoms with Crippen molar-refractivity contribution in [1.82, 2.24) is 19.9 Å². The number of aromatic nitrogens is 4. The number of rotatable bonds is 14. The van der Waals surface area contributed by atoms with Crippen molar-refractivity contribution in [2.24, 2.45) is 23.7 Å². The largest absolute Gasteiger partial charge is 0.491 e. The number of carbonyl (C=O) groups excluding carboxylic acids is 8. The fourth-order valence-corrected chi connectivity index (χ4v) is 8.23. The minimum atomic E-state index is -1.41. The van der Waals surface area contributed by atoms with Crippen LogP contribution in [0, 0.1) is 23.7 Å². The lowest BCUT2D eigenvalue weighted by Crippen LogP contribution is -2.27. The van der Waals surface area contributed by atoms with Crippen molar-refractivity contribution in [3.8, 4) is 11.1 Å². The monoisotopic (exact) mass is 1320 g/mol. The number of esters is 4. The number of nitrogens with zero attached hydrogens (tertiary/aromatic N) is 4. The summed E-state index contributed by atoms with van der Waals surface area (Å²) in [5.41, 5.74) is 8.66. The van der Waals surface area contributed by atoms with E-state index in [0.29, 0.717) is 56.5 Å². The Morgan fingerprint density at radius 2 is 0.988 bits per heavy atom. The average Bonchev–Trinajstić information content (AvgIpc) is 4.46. The van der Waals surface area contributed by atoms with Gasteiger partial charge in [0, 0.05) is 52.8 Å². The zero-order valence-corrected chi connectivity index (χ0v) is 50.3. The molecule has 25 nitrogen and oxygen atoms in total. The number of carbonyl (C=O) groups is 8. The highest BCUT2D eigenvalue weighted by Gasteiger charge is 2.33. The Labute approximate surface area is 509 Å². The molecule has 5 aliphatic rings. The number of nitrogen functional groups attached to an aromatic ring is 1. The van der Waals surface area contributed by atoms with Crippen molar-refractivity contribution in [1.29, 1.82) is 0 Å². The van der Waals surface area contributed by atoms with E-state index in [4.69, 9.17) is 46.0 Å². The van der Waals surface area contributed by atoms with Gasteiger partial charge in [-0.3, -0.25) is 19.2 Å². The molecule has 3 amide bonds. The zero-order chi connectivity index (χ0) is 61.7. The Morgan fingerprint density at radius 1 is 0.553 bits per heavy atom. The third kappa shape index (κ3) is 21.0. The van der Waals surface area contributed by atoms with Crippen molar-refractivity contribution in [2.45, 2.75) is 63.7 Å². The van der Waals surface area contributed by atoms with Crippen molar-refractivity contribution in [2.75, 3.05) is 63.3 Å². The highest BCUT2D eigenvalue weighted by Crippen LogP contribution is 2.34. The predicted octanol–water partition coefficient (Wildman–Crippen LogP) is 7.51. The molecule has 1 unspecified atom stereocenters.